The highest BCUT2D eigenvalue weighted by Crippen LogP contribution is 2.15. The zero-order valence-corrected chi connectivity index (χ0v) is 10.00. The van der Waals surface area contributed by atoms with Gasteiger partial charge in [-0.05, 0) is 25.7 Å². The Hall–Kier alpha value is -0.570. The molecule has 0 unspecified atom stereocenters. The van der Waals surface area contributed by atoms with Crippen LogP contribution in [0, 0.1) is 5.92 Å². The van der Waals surface area contributed by atoms with Crippen molar-refractivity contribution >= 4 is 5.97 Å². The van der Waals surface area contributed by atoms with E-state index in [2.05, 4.69) is 13.8 Å². The Kier molecular flexibility index (Phi) is 9.59. The molecule has 3 nitrogen and oxygen atoms in total. The fourth-order valence-corrected chi connectivity index (χ4v) is 1.58. The lowest BCUT2D eigenvalue weighted by Gasteiger charge is -2.14. The molecule has 0 spiro atoms. The summed E-state index contributed by atoms with van der Waals surface area (Å²) in [5.74, 6) is 0.0192. The van der Waals surface area contributed by atoms with Crippen molar-refractivity contribution in [1.29, 1.82) is 0 Å². The number of ether oxygens (including phenoxy) is 1. The Morgan fingerprint density at radius 3 is 2.27 bits per heavy atom. The highest BCUT2D eigenvalue weighted by molar-refractivity contribution is 5.72. The van der Waals surface area contributed by atoms with Crippen LogP contribution in [0.2, 0.25) is 0 Å². The van der Waals surface area contributed by atoms with Crippen molar-refractivity contribution in [2.24, 2.45) is 5.92 Å². The fraction of sp³-hybridized carbons (Fsp3) is 0.917. The molecule has 90 valence electrons. The van der Waals surface area contributed by atoms with Gasteiger partial charge >= 0.3 is 5.97 Å². The zero-order valence-electron chi connectivity index (χ0n) is 10.00. The van der Waals surface area contributed by atoms with Crippen LogP contribution in [0.5, 0.6) is 0 Å². The lowest BCUT2D eigenvalue weighted by Crippen LogP contribution is -2.18. The van der Waals surface area contributed by atoms with Gasteiger partial charge in [-0.25, -0.2) is 0 Å². The third-order valence-corrected chi connectivity index (χ3v) is 2.40. The van der Waals surface area contributed by atoms with E-state index < -0.39 is 0 Å². The quantitative estimate of drug-likeness (QED) is 0.476. The van der Waals surface area contributed by atoms with Crippen LogP contribution in [0.15, 0.2) is 0 Å². The molecule has 0 aliphatic rings. The second-order valence-electron chi connectivity index (χ2n) is 3.87. The molecule has 0 amide bonds. The highest BCUT2D eigenvalue weighted by Gasteiger charge is 2.17. The lowest BCUT2D eigenvalue weighted by atomic mass is 9.99. The Morgan fingerprint density at radius 2 is 1.80 bits per heavy atom. The summed E-state index contributed by atoms with van der Waals surface area (Å²) in [5, 5.41) is 8.57. The summed E-state index contributed by atoms with van der Waals surface area (Å²) in [4.78, 5) is 11.6. The minimum atomic E-state index is -0.0587. The molecule has 1 N–H and O–H groups in total. The average molecular weight is 216 g/mol. The second-order valence-corrected chi connectivity index (χ2v) is 3.87. The zero-order chi connectivity index (χ0) is 11.5. The first-order valence-corrected chi connectivity index (χ1v) is 6.03. The molecule has 0 heterocycles. The number of esters is 1. The van der Waals surface area contributed by atoms with Crippen molar-refractivity contribution in [1.82, 2.24) is 0 Å². The molecule has 0 aromatic rings. The standard InChI is InChI=1S/C12H24O3/c1-3-7-11(8-4-2)12(14)15-10-6-5-9-13/h11,13H,3-10H2,1-2H3. The van der Waals surface area contributed by atoms with Gasteiger partial charge in [-0.2, -0.15) is 0 Å². The van der Waals surface area contributed by atoms with Gasteiger partial charge in [0.1, 0.15) is 0 Å². The van der Waals surface area contributed by atoms with Crippen molar-refractivity contribution in [2.45, 2.75) is 52.4 Å². The van der Waals surface area contributed by atoms with Crippen molar-refractivity contribution in [3.63, 3.8) is 0 Å². The summed E-state index contributed by atoms with van der Waals surface area (Å²) < 4.78 is 5.16. The predicted octanol–water partition coefficient (Wildman–Crippen LogP) is 2.52. The number of rotatable bonds is 9. The summed E-state index contributed by atoms with van der Waals surface area (Å²) in [7, 11) is 0. The van der Waals surface area contributed by atoms with Crippen molar-refractivity contribution in [3.05, 3.63) is 0 Å². The number of hydrogen-bond donors (Lipinski definition) is 1. The largest absolute Gasteiger partial charge is 0.465 e. The van der Waals surface area contributed by atoms with E-state index in [1.807, 2.05) is 0 Å². The van der Waals surface area contributed by atoms with Gasteiger partial charge in [0.15, 0.2) is 0 Å². The topological polar surface area (TPSA) is 46.5 Å². The van der Waals surface area contributed by atoms with Gasteiger partial charge in [0, 0.05) is 6.61 Å². The van der Waals surface area contributed by atoms with Gasteiger partial charge in [0.2, 0.25) is 0 Å². The molecular formula is C12H24O3. The Labute approximate surface area is 92.8 Å². The molecule has 0 atom stereocenters. The summed E-state index contributed by atoms with van der Waals surface area (Å²) in [5.41, 5.74) is 0. The summed E-state index contributed by atoms with van der Waals surface area (Å²) in [6, 6.07) is 0. The Balaban J connectivity index is 3.70. The third-order valence-electron chi connectivity index (χ3n) is 2.40. The number of carbonyl (C=O) groups excluding carboxylic acids is 1. The van der Waals surface area contributed by atoms with Gasteiger partial charge < -0.3 is 9.84 Å². The Morgan fingerprint density at radius 1 is 1.20 bits per heavy atom. The fourth-order valence-electron chi connectivity index (χ4n) is 1.58. The number of hydrogen-bond acceptors (Lipinski definition) is 3. The van der Waals surface area contributed by atoms with Crippen LogP contribution in [-0.2, 0) is 9.53 Å². The van der Waals surface area contributed by atoms with Gasteiger partial charge in [-0.1, -0.05) is 26.7 Å². The molecule has 0 saturated heterocycles. The van der Waals surface area contributed by atoms with E-state index >= 15 is 0 Å². The minimum Gasteiger partial charge on any atom is -0.465 e. The van der Waals surface area contributed by atoms with Gasteiger partial charge in [-0.3, -0.25) is 4.79 Å². The second kappa shape index (κ2) is 9.97. The maximum absolute atomic E-state index is 11.6. The first kappa shape index (κ1) is 14.4. The predicted molar refractivity (Wildman–Crippen MR) is 60.6 cm³/mol. The number of aliphatic hydroxyl groups is 1. The molecule has 0 aromatic carbocycles. The van der Waals surface area contributed by atoms with E-state index in [1.165, 1.54) is 0 Å². The van der Waals surface area contributed by atoms with Crippen molar-refractivity contribution in [2.75, 3.05) is 13.2 Å². The maximum atomic E-state index is 11.6. The van der Waals surface area contributed by atoms with E-state index in [0.29, 0.717) is 13.0 Å². The van der Waals surface area contributed by atoms with Crippen LogP contribution >= 0.6 is 0 Å². The van der Waals surface area contributed by atoms with Crippen LogP contribution in [0.25, 0.3) is 0 Å². The first-order chi connectivity index (χ1) is 7.26. The normalized spacial score (nSPS) is 10.7. The van der Waals surface area contributed by atoms with Crippen LogP contribution in [-0.4, -0.2) is 24.3 Å². The molecule has 15 heavy (non-hydrogen) atoms. The van der Waals surface area contributed by atoms with E-state index in [1.54, 1.807) is 0 Å². The van der Waals surface area contributed by atoms with E-state index in [4.69, 9.17) is 9.84 Å². The van der Waals surface area contributed by atoms with Crippen molar-refractivity contribution < 1.29 is 14.6 Å². The van der Waals surface area contributed by atoms with Crippen LogP contribution < -0.4 is 0 Å². The minimum absolute atomic E-state index is 0.0587. The molecule has 0 radical (unpaired) electrons. The Bertz CT molecular complexity index is 151. The molecular weight excluding hydrogens is 192 g/mol. The van der Waals surface area contributed by atoms with E-state index in [0.717, 1.165) is 32.1 Å². The van der Waals surface area contributed by atoms with Gasteiger partial charge in [0.25, 0.3) is 0 Å². The number of unbranched alkanes of at least 4 members (excludes halogenated alkanes) is 1. The molecule has 0 aromatic heterocycles. The summed E-state index contributed by atoms with van der Waals surface area (Å²) in [6.07, 6.45) is 5.36. The monoisotopic (exact) mass is 216 g/mol. The highest BCUT2D eigenvalue weighted by atomic mass is 16.5. The molecule has 0 aliphatic carbocycles. The smallest absolute Gasteiger partial charge is 0.308 e. The first-order valence-electron chi connectivity index (χ1n) is 6.03. The van der Waals surface area contributed by atoms with Gasteiger partial charge in [0.05, 0.1) is 12.5 Å². The average Bonchev–Trinajstić information content (AvgIpc) is 2.24. The van der Waals surface area contributed by atoms with E-state index in [-0.39, 0.29) is 18.5 Å². The molecule has 0 bridgehead atoms. The summed E-state index contributed by atoms with van der Waals surface area (Å²) >= 11 is 0. The van der Waals surface area contributed by atoms with Crippen LogP contribution in [0.3, 0.4) is 0 Å². The van der Waals surface area contributed by atoms with E-state index in [9.17, 15) is 4.79 Å². The molecule has 0 fully saturated rings. The molecule has 0 aliphatic heterocycles. The molecule has 0 saturated carbocycles. The SMILES string of the molecule is CCCC(CCC)C(=O)OCCCCO. The number of carbonyl (C=O) groups is 1. The number of aliphatic hydroxyl groups excluding tert-OH is 1. The summed E-state index contributed by atoms with van der Waals surface area (Å²) in [6.45, 7) is 4.79. The third kappa shape index (κ3) is 7.37. The van der Waals surface area contributed by atoms with Crippen molar-refractivity contribution in [3.8, 4) is 0 Å². The maximum Gasteiger partial charge on any atom is 0.308 e. The van der Waals surface area contributed by atoms with Crippen LogP contribution in [0.1, 0.15) is 52.4 Å². The molecule has 3 heteroatoms. The lowest BCUT2D eigenvalue weighted by molar-refractivity contribution is -0.149. The van der Waals surface area contributed by atoms with Gasteiger partial charge in [-0.15, -0.1) is 0 Å². The van der Waals surface area contributed by atoms with Crippen LogP contribution in [0.4, 0.5) is 0 Å². The molecule has 0 rings (SSSR count).